The van der Waals surface area contributed by atoms with E-state index in [1.807, 2.05) is 13.0 Å². The van der Waals surface area contributed by atoms with Gasteiger partial charge in [-0.05, 0) is 19.4 Å². The van der Waals surface area contributed by atoms with Gasteiger partial charge in [-0.1, -0.05) is 13.3 Å². The highest BCUT2D eigenvalue weighted by Crippen LogP contribution is 2.24. The third kappa shape index (κ3) is 1.38. The van der Waals surface area contributed by atoms with Crippen LogP contribution in [0.5, 0.6) is 0 Å². The molecule has 0 bridgehead atoms. The molecule has 0 radical (unpaired) electrons. The van der Waals surface area contributed by atoms with Crippen LogP contribution < -0.4 is 0 Å². The van der Waals surface area contributed by atoms with Crippen LogP contribution in [0, 0.1) is 0 Å². The number of cyclic esters (lactones) is 1. The summed E-state index contributed by atoms with van der Waals surface area (Å²) in [6, 6.07) is 0. The Morgan fingerprint density at radius 3 is 2.80 bits per heavy atom. The summed E-state index contributed by atoms with van der Waals surface area (Å²) in [7, 11) is 0. The highest BCUT2D eigenvalue weighted by atomic mass is 16.6. The fourth-order valence-electron chi connectivity index (χ4n) is 1.17. The molecular formula is C8H12O2. The molecule has 0 N–H and O–H groups in total. The fourth-order valence-corrected chi connectivity index (χ4v) is 1.17. The van der Waals surface area contributed by atoms with Gasteiger partial charge in [0.25, 0.3) is 0 Å². The lowest BCUT2D eigenvalue weighted by atomic mass is 10.0. The van der Waals surface area contributed by atoms with Gasteiger partial charge < -0.3 is 4.74 Å². The minimum absolute atomic E-state index is 0.212. The predicted octanol–water partition coefficient (Wildman–Crippen LogP) is 1.66. The normalized spacial score (nSPS) is 30.8. The zero-order valence-electron chi connectivity index (χ0n) is 6.39. The lowest BCUT2D eigenvalue weighted by Crippen LogP contribution is -2.22. The second-order valence-electron chi connectivity index (χ2n) is 2.82. The van der Waals surface area contributed by atoms with Crippen molar-refractivity contribution in [2.45, 2.75) is 32.3 Å². The van der Waals surface area contributed by atoms with Crippen molar-refractivity contribution in [3.8, 4) is 0 Å². The molecule has 0 aromatic carbocycles. The highest BCUT2D eigenvalue weighted by Gasteiger charge is 2.28. The van der Waals surface area contributed by atoms with E-state index in [1.54, 1.807) is 0 Å². The summed E-state index contributed by atoms with van der Waals surface area (Å²) < 4.78 is 5.04. The first-order valence-electron chi connectivity index (χ1n) is 3.58. The van der Waals surface area contributed by atoms with E-state index in [0.717, 1.165) is 12.8 Å². The van der Waals surface area contributed by atoms with Crippen LogP contribution in [0.4, 0.5) is 0 Å². The minimum Gasteiger partial charge on any atom is -0.452 e. The van der Waals surface area contributed by atoms with Crippen molar-refractivity contribution in [1.82, 2.24) is 0 Å². The van der Waals surface area contributed by atoms with Gasteiger partial charge in [-0.15, -0.1) is 0 Å². The quantitative estimate of drug-likeness (QED) is 0.545. The second kappa shape index (κ2) is 2.45. The molecule has 10 heavy (non-hydrogen) atoms. The van der Waals surface area contributed by atoms with E-state index in [-0.39, 0.29) is 11.6 Å². The largest absolute Gasteiger partial charge is 0.452 e. The van der Waals surface area contributed by atoms with Crippen LogP contribution in [0.15, 0.2) is 12.2 Å². The van der Waals surface area contributed by atoms with E-state index >= 15 is 0 Å². The first kappa shape index (κ1) is 7.32. The van der Waals surface area contributed by atoms with E-state index in [1.165, 1.54) is 6.08 Å². The zero-order valence-corrected chi connectivity index (χ0v) is 6.39. The average molecular weight is 140 g/mol. The SMILES string of the molecule is CCCC1(C)C=CC(=O)O1. The van der Waals surface area contributed by atoms with Crippen molar-refractivity contribution < 1.29 is 9.53 Å². The van der Waals surface area contributed by atoms with Gasteiger partial charge in [0, 0.05) is 6.08 Å². The van der Waals surface area contributed by atoms with Gasteiger partial charge in [0.15, 0.2) is 0 Å². The molecule has 1 heterocycles. The summed E-state index contributed by atoms with van der Waals surface area (Å²) >= 11 is 0. The maximum Gasteiger partial charge on any atom is 0.331 e. The van der Waals surface area contributed by atoms with Crippen molar-refractivity contribution in [2.75, 3.05) is 0 Å². The minimum atomic E-state index is -0.314. The Hall–Kier alpha value is -0.790. The Labute approximate surface area is 60.9 Å². The van der Waals surface area contributed by atoms with Crippen LogP contribution in [0.2, 0.25) is 0 Å². The monoisotopic (exact) mass is 140 g/mol. The molecule has 0 fully saturated rings. The topological polar surface area (TPSA) is 26.3 Å². The summed E-state index contributed by atoms with van der Waals surface area (Å²) in [4.78, 5) is 10.6. The third-order valence-corrected chi connectivity index (χ3v) is 1.65. The number of hydrogen-bond acceptors (Lipinski definition) is 2. The molecule has 1 aliphatic heterocycles. The summed E-state index contributed by atoms with van der Waals surface area (Å²) in [5.41, 5.74) is -0.314. The molecule has 56 valence electrons. The van der Waals surface area contributed by atoms with E-state index in [4.69, 9.17) is 4.74 Å². The van der Waals surface area contributed by atoms with Crippen LogP contribution >= 0.6 is 0 Å². The van der Waals surface area contributed by atoms with Crippen molar-refractivity contribution in [3.05, 3.63) is 12.2 Å². The molecule has 0 aromatic heterocycles. The number of ether oxygens (including phenoxy) is 1. The number of carbonyl (C=O) groups is 1. The van der Waals surface area contributed by atoms with Crippen LogP contribution in [-0.4, -0.2) is 11.6 Å². The Morgan fingerprint density at radius 1 is 1.70 bits per heavy atom. The Kier molecular flexibility index (Phi) is 1.79. The molecule has 1 aliphatic rings. The van der Waals surface area contributed by atoms with Crippen molar-refractivity contribution >= 4 is 5.97 Å². The van der Waals surface area contributed by atoms with Crippen molar-refractivity contribution in [2.24, 2.45) is 0 Å². The summed E-state index contributed by atoms with van der Waals surface area (Å²) in [6.45, 7) is 4.00. The molecule has 0 saturated carbocycles. The molecule has 0 aromatic rings. The summed E-state index contributed by atoms with van der Waals surface area (Å²) in [6.07, 6.45) is 5.28. The molecule has 2 nitrogen and oxygen atoms in total. The maximum atomic E-state index is 10.6. The van der Waals surface area contributed by atoms with Gasteiger partial charge in [0.05, 0.1) is 0 Å². The Bertz CT molecular complexity index is 172. The Balaban J connectivity index is 2.56. The smallest absolute Gasteiger partial charge is 0.331 e. The molecule has 1 unspecified atom stereocenters. The van der Waals surface area contributed by atoms with Gasteiger partial charge in [-0.25, -0.2) is 4.79 Å². The van der Waals surface area contributed by atoms with Gasteiger partial charge in [0.2, 0.25) is 0 Å². The van der Waals surface area contributed by atoms with E-state index in [0.29, 0.717) is 0 Å². The van der Waals surface area contributed by atoms with Crippen molar-refractivity contribution in [1.29, 1.82) is 0 Å². The van der Waals surface area contributed by atoms with E-state index < -0.39 is 0 Å². The lowest BCUT2D eigenvalue weighted by molar-refractivity contribution is -0.144. The van der Waals surface area contributed by atoms with Crippen LogP contribution in [-0.2, 0) is 9.53 Å². The number of hydrogen-bond donors (Lipinski definition) is 0. The molecule has 0 aliphatic carbocycles. The number of esters is 1. The van der Waals surface area contributed by atoms with Gasteiger partial charge in [0.1, 0.15) is 5.60 Å². The highest BCUT2D eigenvalue weighted by molar-refractivity contribution is 5.85. The third-order valence-electron chi connectivity index (χ3n) is 1.65. The average Bonchev–Trinajstić information content (AvgIpc) is 2.12. The number of rotatable bonds is 2. The van der Waals surface area contributed by atoms with Gasteiger partial charge in [-0.3, -0.25) is 0 Å². The molecular weight excluding hydrogens is 128 g/mol. The predicted molar refractivity (Wildman–Crippen MR) is 38.5 cm³/mol. The maximum absolute atomic E-state index is 10.6. The second-order valence-corrected chi connectivity index (χ2v) is 2.82. The van der Waals surface area contributed by atoms with Gasteiger partial charge in [-0.2, -0.15) is 0 Å². The Morgan fingerprint density at radius 2 is 2.40 bits per heavy atom. The zero-order chi connectivity index (χ0) is 7.61. The fraction of sp³-hybridized carbons (Fsp3) is 0.625. The molecule has 1 rings (SSSR count). The van der Waals surface area contributed by atoms with Crippen molar-refractivity contribution in [3.63, 3.8) is 0 Å². The van der Waals surface area contributed by atoms with E-state index in [9.17, 15) is 4.79 Å². The first-order chi connectivity index (χ1) is 4.66. The van der Waals surface area contributed by atoms with Crippen LogP contribution in [0.1, 0.15) is 26.7 Å². The standard InChI is InChI=1S/C8H12O2/c1-3-5-8(2)6-4-7(9)10-8/h4,6H,3,5H2,1-2H3. The lowest BCUT2D eigenvalue weighted by Gasteiger charge is -2.19. The molecule has 0 saturated heterocycles. The van der Waals surface area contributed by atoms with E-state index in [2.05, 4.69) is 6.92 Å². The first-order valence-corrected chi connectivity index (χ1v) is 3.58. The summed E-state index contributed by atoms with van der Waals surface area (Å²) in [5, 5.41) is 0. The van der Waals surface area contributed by atoms with Gasteiger partial charge >= 0.3 is 5.97 Å². The molecule has 0 spiro atoms. The van der Waals surface area contributed by atoms with Crippen LogP contribution in [0.25, 0.3) is 0 Å². The summed E-state index contributed by atoms with van der Waals surface area (Å²) in [5.74, 6) is -0.212. The van der Waals surface area contributed by atoms with Crippen LogP contribution in [0.3, 0.4) is 0 Å². The molecule has 2 heteroatoms. The molecule has 0 amide bonds. The number of carbonyl (C=O) groups excluding carboxylic acids is 1. The molecule has 1 atom stereocenters.